The van der Waals surface area contributed by atoms with E-state index in [9.17, 15) is 0 Å². The fourth-order valence-electron chi connectivity index (χ4n) is 4.01. The highest BCUT2D eigenvalue weighted by Crippen LogP contribution is 2.35. The summed E-state index contributed by atoms with van der Waals surface area (Å²) in [7, 11) is 4.03. The number of piperidine rings is 1. The molecule has 0 bridgehead atoms. The molecule has 5 nitrogen and oxygen atoms in total. The Bertz CT molecular complexity index is 765. The second kappa shape index (κ2) is 10.4. The van der Waals surface area contributed by atoms with Gasteiger partial charge in [0.15, 0.2) is 5.96 Å². The van der Waals surface area contributed by atoms with Crippen molar-refractivity contribution in [2.24, 2.45) is 10.9 Å². The quantitative estimate of drug-likeness (QED) is 0.576. The Hall–Kier alpha value is -2.11. The first-order valence-electron chi connectivity index (χ1n) is 9.96. The zero-order valence-electron chi connectivity index (χ0n) is 16.7. The van der Waals surface area contributed by atoms with Crippen molar-refractivity contribution < 1.29 is 0 Å². The Kier molecular flexibility index (Phi) is 7.69. The van der Waals surface area contributed by atoms with E-state index in [0.29, 0.717) is 12.0 Å². The monoisotopic (exact) mass is 399 g/mol. The smallest absolute Gasteiger partial charge is 0.190 e. The third kappa shape index (κ3) is 5.69. The van der Waals surface area contributed by atoms with Gasteiger partial charge in [-0.1, -0.05) is 29.8 Å². The van der Waals surface area contributed by atoms with Gasteiger partial charge < -0.3 is 10.6 Å². The fraction of sp³-hybridized carbons (Fsp3) is 0.455. The van der Waals surface area contributed by atoms with Crippen molar-refractivity contribution in [2.75, 3.05) is 33.7 Å². The van der Waals surface area contributed by atoms with Crippen LogP contribution in [0, 0.1) is 5.92 Å². The number of nitrogens with one attached hydrogen (secondary N) is 2. The van der Waals surface area contributed by atoms with Crippen LogP contribution in [-0.2, 0) is 6.42 Å². The minimum atomic E-state index is 0.369. The summed E-state index contributed by atoms with van der Waals surface area (Å²) in [5.74, 6) is 1.36. The van der Waals surface area contributed by atoms with Crippen molar-refractivity contribution in [3.8, 4) is 0 Å². The second-order valence-corrected chi connectivity index (χ2v) is 7.81. The van der Waals surface area contributed by atoms with Crippen LogP contribution in [0.3, 0.4) is 0 Å². The number of benzene rings is 1. The Morgan fingerprint density at radius 3 is 2.93 bits per heavy atom. The predicted octanol–water partition coefficient (Wildman–Crippen LogP) is 3.53. The van der Waals surface area contributed by atoms with Gasteiger partial charge >= 0.3 is 0 Å². The number of guanidine groups is 1. The van der Waals surface area contributed by atoms with E-state index < -0.39 is 0 Å². The normalized spacial score (nSPS) is 20.8. The molecule has 2 aromatic rings. The van der Waals surface area contributed by atoms with Gasteiger partial charge in [-0.2, -0.15) is 0 Å². The van der Waals surface area contributed by atoms with E-state index in [1.807, 2.05) is 31.4 Å². The summed E-state index contributed by atoms with van der Waals surface area (Å²) in [4.78, 5) is 11.0. The Morgan fingerprint density at radius 1 is 1.29 bits per heavy atom. The summed E-state index contributed by atoms with van der Waals surface area (Å²) in [5, 5.41) is 7.73. The van der Waals surface area contributed by atoms with Crippen molar-refractivity contribution >= 4 is 17.6 Å². The summed E-state index contributed by atoms with van der Waals surface area (Å²) in [6, 6.07) is 12.7. The summed E-state index contributed by atoms with van der Waals surface area (Å²) in [6.07, 6.45) is 7.04. The second-order valence-electron chi connectivity index (χ2n) is 7.37. The van der Waals surface area contributed by atoms with Gasteiger partial charge in [0, 0.05) is 43.6 Å². The number of pyridine rings is 1. The minimum absolute atomic E-state index is 0.369. The molecule has 1 saturated heterocycles. The van der Waals surface area contributed by atoms with Gasteiger partial charge in [-0.05, 0) is 68.1 Å². The van der Waals surface area contributed by atoms with Gasteiger partial charge in [0.05, 0.1) is 0 Å². The lowest BCUT2D eigenvalue weighted by atomic mass is 9.85. The summed E-state index contributed by atoms with van der Waals surface area (Å²) in [6.45, 7) is 2.83. The zero-order chi connectivity index (χ0) is 19.8. The molecule has 1 aromatic carbocycles. The minimum Gasteiger partial charge on any atom is -0.356 e. The van der Waals surface area contributed by atoms with Crippen molar-refractivity contribution in [1.29, 1.82) is 0 Å². The molecular weight excluding hydrogens is 370 g/mol. The largest absolute Gasteiger partial charge is 0.356 e. The molecule has 1 aliphatic rings. The van der Waals surface area contributed by atoms with Crippen LogP contribution in [0.25, 0.3) is 0 Å². The molecule has 6 heteroatoms. The van der Waals surface area contributed by atoms with E-state index in [1.165, 1.54) is 24.0 Å². The highest BCUT2D eigenvalue weighted by atomic mass is 35.5. The SMILES string of the molecule is CN=C(NCCc1cccnc1)NCC1CCCN(C)C1c1cccc(Cl)c1. The van der Waals surface area contributed by atoms with Crippen molar-refractivity contribution in [2.45, 2.75) is 25.3 Å². The van der Waals surface area contributed by atoms with Gasteiger partial charge in [0.2, 0.25) is 0 Å². The highest BCUT2D eigenvalue weighted by Gasteiger charge is 2.30. The Balaban J connectivity index is 1.55. The predicted molar refractivity (Wildman–Crippen MR) is 117 cm³/mol. The maximum Gasteiger partial charge on any atom is 0.190 e. The van der Waals surface area contributed by atoms with Crippen LogP contribution in [0.5, 0.6) is 0 Å². The molecule has 2 heterocycles. The Labute approximate surface area is 173 Å². The third-order valence-corrected chi connectivity index (χ3v) is 5.62. The number of halogens is 1. The van der Waals surface area contributed by atoms with Gasteiger partial charge in [0.25, 0.3) is 0 Å². The number of hydrogen-bond donors (Lipinski definition) is 2. The van der Waals surface area contributed by atoms with E-state index in [4.69, 9.17) is 11.6 Å². The zero-order valence-corrected chi connectivity index (χ0v) is 17.5. The van der Waals surface area contributed by atoms with Crippen LogP contribution in [0.15, 0.2) is 53.8 Å². The molecule has 0 radical (unpaired) electrons. The van der Waals surface area contributed by atoms with E-state index in [0.717, 1.165) is 37.0 Å². The van der Waals surface area contributed by atoms with Crippen LogP contribution in [0.2, 0.25) is 5.02 Å². The molecule has 0 aliphatic carbocycles. The maximum atomic E-state index is 6.25. The molecule has 150 valence electrons. The molecule has 0 amide bonds. The number of rotatable bonds is 6. The summed E-state index contributed by atoms with van der Waals surface area (Å²) < 4.78 is 0. The molecule has 1 fully saturated rings. The first-order chi connectivity index (χ1) is 13.7. The molecule has 1 aliphatic heterocycles. The van der Waals surface area contributed by atoms with Gasteiger partial charge in [-0.3, -0.25) is 14.9 Å². The molecule has 0 saturated carbocycles. The van der Waals surface area contributed by atoms with Crippen molar-refractivity contribution in [1.82, 2.24) is 20.5 Å². The van der Waals surface area contributed by atoms with Gasteiger partial charge in [-0.25, -0.2) is 0 Å². The molecule has 2 unspecified atom stereocenters. The van der Waals surface area contributed by atoms with Crippen LogP contribution in [-0.4, -0.2) is 49.6 Å². The van der Waals surface area contributed by atoms with E-state index in [1.54, 1.807) is 6.20 Å². The average Bonchev–Trinajstić information content (AvgIpc) is 2.71. The first kappa shape index (κ1) is 20.6. The molecule has 1 aromatic heterocycles. The molecule has 2 N–H and O–H groups in total. The van der Waals surface area contributed by atoms with Crippen LogP contribution < -0.4 is 10.6 Å². The number of likely N-dealkylation sites (tertiary alicyclic amines) is 1. The first-order valence-corrected chi connectivity index (χ1v) is 10.3. The number of nitrogens with zero attached hydrogens (tertiary/aromatic N) is 3. The summed E-state index contributed by atoms with van der Waals surface area (Å²) >= 11 is 6.25. The lowest BCUT2D eigenvalue weighted by Crippen LogP contribution is -2.45. The van der Waals surface area contributed by atoms with E-state index >= 15 is 0 Å². The van der Waals surface area contributed by atoms with Crippen LogP contribution >= 0.6 is 11.6 Å². The molecule has 0 spiro atoms. The average molecular weight is 400 g/mol. The highest BCUT2D eigenvalue weighted by molar-refractivity contribution is 6.30. The third-order valence-electron chi connectivity index (χ3n) is 5.38. The molecule has 28 heavy (non-hydrogen) atoms. The van der Waals surface area contributed by atoms with E-state index in [2.05, 4.69) is 50.8 Å². The number of aromatic nitrogens is 1. The number of aliphatic imine (C=N–C) groups is 1. The molecule has 3 rings (SSSR count). The summed E-state index contributed by atoms with van der Waals surface area (Å²) in [5.41, 5.74) is 2.52. The van der Waals surface area contributed by atoms with Crippen LogP contribution in [0.4, 0.5) is 0 Å². The van der Waals surface area contributed by atoms with Crippen molar-refractivity contribution in [3.63, 3.8) is 0 Å². The van der Waals surface area contributed by atoms with Gasteiger partial charge in [-0.15, -0.1) is 0 Å². The lowest BCUT2D eigenvalue weighted by molar-refractivity contribution is 0.122. The lowest BCUT2D eigenvalue weighted by Gasteiger charge is -2.40. The van der Waals surface area contributed by atoms with Gasteiger partial charge in [0.1, 0.15) is 0 Å². The van der Waals surface area contributed by atoms with Crippen molar-refractivity contribution in [3.05, 3.63) is 64.9 Å². The van der Waals surface area contributed by atoms with E-state index in [-0.39, 0.29) is 0 Å². The standard InChI is InChI=1S/C22H30ClN5/c1-24-22(26-12-10-17-6-4-11-25-15-17)27-16-19-8-5-13-28(2)21(19)18-7-3-9-20(23)14-18/h3-4,6-7,9,11,14-15,19,21H,5,8,10,12-13,16H2,1-2H3,(H2,24,26,27). The number of hydrogen-bond acceptors (Lipinski definition) is 3. The topological polar surface area (TPSA) is 52.6 Å². The maximum absolute atomic E-state index is 6.25. The fourth-order valence-corrected chi connectivity index (χ4v) is 4.21. The molecular formula is C22H30ClN5. The molecule has 2 atom stereocenters. The Morgan fingerprint density at radius 2 is 2.18 bits per heavy atom. The van der Waals surface area contributed by atoms with Crippen LogP contribution in [0.1, 0.15) is 30.0 Å².